The summed E-state index contributed by atoms with van der Waals surface area (Å²) in [6.45, 7) is 3.94. The molecule has 10 nitrogen and oxygen atoms in total. The molecule has 1 aromatic rings. The number of carboxylic acids is 1. The third-order valence-corrected chi connectivity index (χ3v) is 5.62. The number of hydrogen-bond acceptors (Lipinski definition) is 7. The largest absolute Gasteiger partial charge is 0.480 e. The molecule has 0 saturated carbocycles. The Hall–Kier alpha value is -2.63. The highest BCUT2D eigenvalue weighted by atomic mass is 32.1. The Morgan fingerprint density at radius 2 is 1.56 bits per heavy atom. The van der Waals surface area contributed by atoms with Crippen molar-refractivity contribution in [2.45, 2.75) is 63.7 Å². The van der Waals surface area contributed by atoms with Crippen LogP contribution >= 0.6 is 12.6 Å². The molecule has 0 saturated heterocycles. The van der Waals surface area contributed by atoms with E-state index in [0.29, 0.717) is 25.8 Å². The van der Waals surface area contributed by atoms with E-state index in [4.69, 9.17) is 11.5 Å². The minimum atomic E-state index is -1.23. The van der Waals surface area contributed by atoms with Gasteiger partial charge in [-0.3, -0.25) is 14.4 Å². The van der Waals surface area contributed by atoms with Crippen molar-refractivity contribution in [2.75, 3.05) is 12.3 Å². The lowest BCUT2D eigenvalue weighted by molar-refractivity contribution is -0.141. The standard InChI is InChI=1S/C23H37N5O5S/c1-14(2)19(28-20(29)16(25)12-15-8-4-3-5-9-15)22(31)26-17(10-6-7-11-24)21(30)27-18(13-34)23(32)33/h3-5,8-9,14,16-19,34H,6-7,10-13,24-25H2,1-2H3,(H,26,31)(H,27,30)(H,28,29)(H,32,33). The number of carboxylic acid groups (broad SMARTS) is 1. The van der Waals surface area contributed by atoms with Gasteiger partial charge in [0.1, 0.15) is 18.1 Å². The van der Waals surface area contributed by atoms with E-state index in [1.165, 1.54) is 0 Å². The number of unbranched alkanes of at least 4 members (excludes halogenated alkanes) is 1. The lowest BCUT2D eigenvalue weighted by Crippen LogP contribution is -2.58. The van der Waals surface area contributed by atoms with E-state index in [9.17, 15) is 24.3 Å². The van der Waals surface area contributed by atoms with Crippen LogP contribution in [0.2, 0.25) is 0 Å². The number of amides is 3. The summed E-state index contributed by atoms with van der Waals surface area (Å²) in [6.07, 6.45) is 1.75. The third-order valence-electron chi connectivity index (χ3n) is 5.26. The quantitative estimate of drug-likeness (QED) is 0.130. The van der Waals surface area contributed by atoms with Crippen LogP contribution in [-0.4, -0.2) is 65.3 Å². The Morgan fingerprint density at radius 3 is 2.09 bits per heavy atom. The van der Waals surface area contributed by atoms with Gasteiger partial charge in [0.15, 0.2) is 0 Å². The zero-order chi connectivity index (χ0) is 25.7. The second kappa shape index (κ2) is 15.3. The number of carbonyl (C=O) groups is 4. The highest BCUT2D eigenvalue weighted by molar-refractivity contribution is 7.80. The first-order valence-corrected chi connectivity index (χ1v) is 12.0. The molecule has 1 rings (SSSR count). The van der Waals surface area contributed by atoms with Gasteiger partial charge in [-0.2, -0.15) is 12.6 Å². The topological polar surface area (TPSA) is 177 Å². The van der Waals surface area contributed by atoms with Gasteiger partial charge in [0.05, 0.1) is 6.04 Å². The number of carbonyl (C=O) groups excluding carboxylic acids is 3. The van der Waals surface area contributed by atoms with Gasteiger partial charge >= 0.3 is 5.97 Å². The maximum absolute atomic E-state index is 13.0. The van der Waals surface area contributed by atoms with Crippen molar-refractivity contribution in [2.24, 2.45) is 17.4 Å². The fourth-order valence-electron chi connectivity index (χ4n) is 3.24. The predicted molar refractivity (Wildman–Crippen MR) is 133 cm³/mol. The maximum atomic E-state index is 13.0. The van der Waals surface area contributed by atoms with Crippen molar-refractivity contribution in [3.05, 3.63) is 35.9 Å². The van der Waals surface area contributed by atoms with Crippen LogP contribution in [0.1, 0.15) is 38.7 Å². The average molecular weight is 496 g/mol. The molecular formula is C23H37N5O5S. The summed E-state index contributed by atoms with van der Waals surface area (Å²) in [6, 6.07) is 5.32. The average Bonchev–Trinajstić information content (AvgIpc) is 2.80. The summed E-state index contributed by atoms with van der Waals surface area (Å²) in [4.78, 5) is 49.7. The summed E-state index contributed by atoms with van der Waals surface area (Å²) in [7, 11) is 0. The molecule has 8 N–H and O–H groups in total. The van der Waals surface area contributed by atoms with E-state index < -0.39 is 47.9 Å². The van der Waals surface area contributed by atoms with Crippen LogP contribution < -0.4 is 27.4 Å². The van der Waals surface area contributed by atoms with Crippen LogP contribution in [0.15, 0.2) is 30.3 Å². The molecule has 0 aliphatic heterocycles. The molecule has 0 aromatic heterocycles. The number of benzene rings is 1. The molecular weight excluding hydrogens is 458 g/mol. The Balaban J connectivity index is 2.88. The fourth-order valence-corrected chi connectivity index (χ4v) is 3.48. The Labute approximate surface area is 206 Å². The monoisotopic (exact) mass is 495 g/mol. The molecule has 0 bridgehead atoms. The molecule has 0 spiro atoms. The number of nitrogens with two attached hydrogens (primary N) is 2. The molecule has 0 radical (unpaired) electrons. The Morgan fingerprint density at radius 1 is 0.941 bits per heavy atom. The smallest absolute Gasteiger partial charge is 0.327 e. The molecule has 1 aromatic carbocycles. The second-order valence-electron chi connectivity index (χ2n) is 8.45. The molecule has 3 amide bonds. The van der Waals surface area contributed by atoms with Crippen molar-refractivity contribution in [3.8, 4) is 0 Å². The summed E-state index contributed by atoms with van der Waals surface area (Å²) in [5.41, 5.74) is 12.5. The molecule has 190 valence electrons. The lowest BCUT2D eigenvalue weighted by Gasteiger charge is -2.27. The SMILES string of the molecule is CC(C)C(NC(=O)C(N)Cc1ccccc1)C(=O)NC(CCCCN)C(=O)NC(CS)C(=O)O. The summed E-state index contributed by atoms with van der Waals surface area (Å²) in [5, 5.41) is 16.9. The van der Waals surface area contributed by atoms with Gasteiger partial charge in [-0.1, -0.05) is 44.2 Å². The zero-order valence-corrected chi connectivity index (χ0v) is 20.6. The van der Waals surface area contributed by atoms with Gasteiger partial charge in [0, 0.05) is 5.75 Å². The molecule has 11 heteroatoms. The summed E-state index contributed by atoms with van der Waals surface area (Å²) in [5.74, 6) is -3.29. The first-order valence-electron chi connectivity index (χ1n) is 11.3. The molecule has 0 aliphatic carbocycles. The third kappa shape index (κ3) is 10.1. The Bertz CT molecular complexity index is 808. The summed E-state index contributed by atoms with van der Waals surface area (Å²) >= 11 is 3.95. The van der Waals surface area contributed by atoms with Gasteiger partial charge in [0.25, 0.3) is 0 Å². The molecule has 0 heterocycles. The van der Waals surface area contributed by atoms with Crippen LogP contribution in [0.25, 0.3) is 0 Å². The highest BCUT2D eigenvalue weighted by Gasteiger charge is 2.31. The molecule has 34 heavy (non-hydrogen) atoms. The van der Waals surface area contributed by atoms with E-state index >= 15 is 0 Å². The second-order valence-corrected chi connectivity index (χ2v) is 8.82. The van der Waals surface area contributed by atoms with Crippen molar-refractivity contribution in [1.82, 2.24) is 16.0 Å². The van der Waals surface area contributed by atoms with Crippen molar-refractivity contribution in [1.29, 1.82) is 0 Å². The molecule has 0 aliphatic rings. The van der Waals surface area contributed by atoms with Gasteiger partial charge < -0.3 is 32.5 Å². The van der Waals surface area contributed by atoms with Crippen LogP contribution in [0.4, 0.5) is 0 Å². The van der Waals surface area contributed by atoms with E-state index in [1.807, 2.05) is 30.3 Å². The maximum Gasteiger partial charge on any atom is 0.327 e. The number of aliphatic carboxylic acids is 1. The predicted octanol–water partition coefficient (Wildman–Crippen LogP) is -0.190. The highest BCUT2D eigenvalue weighted by Crippen LogP contribution is 2.08. The van der Waals surface area contributed by atoms with Crippen LogP contribution in [-0.2, 0) is 25.6 Å². The molecule has 4 unspecified atom stereocenters. The van der Waals surface area contributed by atoms with E-state index in [-0.39, 0.29) is 18.1 Å². The number of thiol groups is 1. The number of nitrogens with one attached hydrogen (secondary N) is 3. The first-order chi connectivity index (χ1) is 16.1. The normalized spacial score (nSPS) is 14.5. The van der Waals surface area contributed by atoms with Crippen LogP contribution in [0, 0.1) is 5.92 Å². The van der Waals surface area contributed by atoms with Gasteiger partial charge in [-0.05, 0) is 43.7 Å². The zero-order valence-electron chi connectivity index (χ0n) is 19.7. The van der Waals surface area contributed by atoms with E-state index in [1.54, 1.807) is 13.8 Å². The fraction of sp³-hybridized carbons (Fsp3) is 0.565. The van der Waals surface area contributed by atoms with E-state index in [2.05, 4.69) is 28.6 Å². The number of hydrogen-bond donors (Lipinski definition) is 7. The van der Waals surface area contributed by atoms with Gasteiger partial charge in [0.2, 0.25) is 17.7 Å². The number of rotatable bonds is 15. The van der Waals surface area contributed by atoms with Crippen molar-refractivity contribution in [3.63, 3.8) is 0 Å². The van der Waals surface area contributed by atoms with E-state index in [0.717, 1.165) is 5.56 Å². The Kier molecular flexibility index (Phi) is 13.2. The molecule has 4 atom stereocenters. The van der Waals surface area contributed by atoms with Crippen molar-refractivity contribution < 1.29 is 24.3 Å². The lowest BCUT2D eigenvalue weighted by atomic mass is 10.00. The van der Waals surface area contributed by atoms with Gasteiger partial charge in [-0.25, -0.2) is 4.79 Å². The minimum absolute atomic E-state index is 0.103. The van der Waals surface area contributed by atoms with Crippen LogP contribution in [0.5, 0.6) is 0 Å². The van der Waals surface area contributed by atoms with Crippen molar-refractivity contribution >= 4 is 36.3 Å². The summed E-state index contributed by atoms with van der Waals surface area (Å²) < 4.78 is 0. The first kappa shape index (κ1) is 29.4. The minimum Gasteiger partial charge on any atom is -0.480 e. The molecule has 0 fully saturated rings. The van der Waals surface area contributed by atoms with Crippen LogP contribution in [0.3, 0.4) is 0 Å². The van der Waals surface area contributed by atoms with Gasteiger partial charge in [-0.15, -0.1) is 0 Å².